The van der Waals surface area contributed by atoms with Crippen LogP contribution in [0, 0.1) is 0 Å². The highest BCUT2D eigenvalue weighted by Gasteiger charge is 2.44. The zero-order valence-corrected chi connectivity index (χ0v) is 17.4. The third-order valence-electron chi connectivity index (χ3n) is 5.11. The van der Waals surface area contributed by atoms with Gasteiger partial charge in [0.05, 0.1) is 18.9 Å². The molecule has 8 nitrogen and oxygen atoms in total. The Bertz CT molecular complexity index is 820. The molecule has 9 heteroatoms. The highest BCUT2D eigenvalue weighted by atomic mass is 35.5. The van der Waals surface area contributed by atoms with Crippen molar-refractivity contribution in [3.63, 3.8) is 0 Å². The molecule has 1 fully saturated rings. The van der Waals surface area contributed by atoms with E-state index in [0.29, 0.717) is 35.2 Å². The van der Waals surface area contributed by atoms with Crippen molar-refractivity contribution in [2.75, 3.05) is 13.2 Å². The molecule has 5 atom stereocenters. The van der Waals surface area contributed by atoms with Crippen molar-refractivity contribution in [3.8, 4) is 5.88 Å². The Morgan fingerprint density at radius 2 is 1.87 bits per heavy atom. The highest BCUT2D eigenvalue weighted by molar-refractivity contribution is 6.31. The second kappa shape index (κ2) is 10.5. The number of aromatic nitrogens is 2. The van der Waals surface area contributed by atoms with Gasteiger partial charge in [-0.05, 0) is 29.7 Å². The smallest absolute Gasteiger partial charge is 0.233 e. The quantitative estimate of drug-likeness (QED) is 0.456. The molecule has 2 aromatic rings. The number of hydrogen-bond donors (Lipinski definition) is 4. The van der Waals surface area contributed by atoms with E-state index in [1.165, 1.54) is 0 Å². The van der Waals surface area contributed by atoms with Crippen LogP contribution in [0.5, 0.6) is 5.88 Å². The maximum absolute atomic E-state index is 10.4. The monoisotopic (exact) mass is 438 g/mol. The Labute approximate surface area is 180 Å². The zero-order chi connectivity index (χ0) is 21.7. The number of aliphatic hydroxyl groups is 4. The summed E-state index contributed by atoms with van der Waals surface area (Å²) in [6, 6.07) is 8.67. The SMILES string of the molecule is CCCCOc1ccc(Cc2cc(C3OC(CO)C(O)C(O)C3O)ccc2Cl)nn1. The number of ether oxygens (including phenoxy) is 2. The number of benzene rings is 1. The molecule has 0 amide bonds. The van der Waals surface area contributed by atoms with Gasteiger partial charge in [-0.1, -0.05) is 37.1 Å². The Hall–Kier alpha value is -1.81. The topological polar surface area (TPSA) is 125 Å². The first-order chi connectivity index (χ1) is 14.4. The molecule has 1 saturated heterocycles. The minimum atomic E-state index is -1.44. The summed E-state index contributed by atoms with van der Waals surface area (Å²) in [6.45, 7) is 2.20. The summed E-state index contributed by atoms with van der Waals surface area (Å²) < 4.78 is 11.1. The molecule has 0 spiro atoms. The van der Waals surface area contributed by atoms with Gasteiger partial charge in [0, 0.05) is 17.5 Å². The average Bonchev–Trinajstić information content (AvgIpc) is 2.75. The van der Waals surface area contributed by atoms with Crippen molar-refractivity contribution in [2.45, 2.75) is 56.7 Å². The molecule has 0 aliphatic carbocycles. The van der Waals surface area contributed by atoms with E-state index in [2.05, 4.69) is 17.1 Å². The van der Waals surface area contributed by atoms with Crippen LogP contribution in [0.1, 0.15) is 42.7 Å². The van der Waals surface area contributed by atoms with E-state index in [4.69, 9.17) is 21.1 Å². The van der Waals surface area contributed by atoms with Crippen LogP contribution in [0.25, 0.3) is 0 Å². The van der Waals surface area contributed by atoms with Crippen molar-refractivity contribution < 1.29 is 29.9 Å². The first-order valence-electron chi connectivity index (χ1n) is 9.98. The minimum absolute atomic E-state index is 0.395. The second-order valence-electron chi connectivity index (χ2n) is 7.34. The lowest BCUT2D eigenvalue weighted by molar-refractivity contribution is -0.231. The van der Waals surface area contributed by atoms with E-state index in [9.17, 15) is 20.4 Å². The van der Waals surface area contributed by atoms with Crippen molar-refractivity contribution in [1.82, 2.24) is 10.2 Å². The molecule has 0 saturated carbocycles. The Kier molecular flexibility index (Phi) is 7.99. The normalized spacial score (nSPS) is 26.5. The summed E-state index contributed by atoms with van der Waals surface area (Å²) >= 11 is 6.34. The Morgan fingerprint density at radius 1 is 1.07 bits per heavy atom. The van der Waals surface area contributed by atoms with Crippen LogP contribution in [0.15, 0.2) is 30.3 Å². The van der Waals surface area contributed by atoms with Gasteiger partial charge in [0.2, 0.25) is 5.88 Å². The van der Waals surface area contributed by atoms with Gasteiger partial charge in [-0.2, -0.15) is 5.10 Å². The fraction of sp³-hybridized carbons (Fsp3) is 0.524. The van der Waals surface area contributed by atoms with E-state index < -0.39 is 37.1 Å². The summed E-state index contributed by atoms with van der Waals surface area (Å²) in [6.07, 6.45) is -3.70. The number of rotatable bonds is 8. The molecule has 1 aromatic carbocycles. The van der Waals surface area contributed by atoms with Gasteiger partial charge < -0.3 is 29.9 Å². The molecule has 4 N–H and O–H groups in total. The van der Waals surface area contributed by atoms with Crippen LogP contribution in [0.2, 0.25) is 5.02 Å². The van der Waals surface area contributed by atoms with E-state index >= 15 is 0 Å². The summed E-state index contributed by atoms with van der Waals surface area (Å²) in [7, 11) is 0. The predicted octanol–water partition coefficient (Wildman–Crippen LogP) is 1.41. The third kappa shape index (κ3) is 5.26. The molecule has 5 unspecified atom stereocenters. The summed E-state index contributed by atoms with van der Waals surface area (Å²) in [5, 5.41) is 48.5. The van der Waals surface area contributed by atoms with Gasteiger partial charge in [0.1, 0.15) is 30.5 Å². The Balaban J connectivity index is 1.75. The zero-order valence-electron chi connectivity index (χ0n) is 16.7. The van der Waals surface area contributed by atoms with Gasteiger partial charge in [-0.15, -0.1) is 5.10 Å². The Morgan fingerprint density at radius 3 is 2.53 bits per heavy atom. The molecule has 1 aliphatic heterocycles. The second-order valence-corrected chi connectivity index (χ2v) is 7.75. The number of aliphatic hydroxyl groups excluding tert-OH is 4. The van der Waals surface area contributed by atoms with Crippen molar-refractivity contribution in [1.29, 1.82) is 0 Å². The number of nitrogens with zero attached hydrogens (tertiary/aromatic N) is 2. The molecular formula is C21H27ClN2O6. The molecule has 0 radical (unpaired) electrons. The van der Waals surface area contributed by atoms with Crippen molar-refractivity contribution in [2.24, 2.45) is 0 Å². The number of hydrogen-bond acceptors (Lipinski definition) is 8. The van der Waals surface area contributed by atoms with Crippen LogP contribution in [-0.2, 0) is 11.2 Å². The van der Waals surface area contributed by atoms with Crippen LogP contribution < -0.4 is 4.74 Å². The van der Waals surface area contributed by atoms with Crippen molar-refractivity contribution in [3.05, 3.63) is 52.2 Å². The third-order valence-corrected chi connectivity index (χ3v) is 5.47. The van der Waals surface area contributed by atoms with E-state index in [1.54, 1.807) is 24.3 Å². The largest absolute Gasteiger partial charge is 0.477 e. The van der Waals surface area contributed by atoms with Crippen LogP contribution in [0.3, 0.4) is 0 Å². The summed E-state index contributed by atoms with van der Waals surface area (Å²) in [5.41, 5.74) is 1.99. The summed E-state index contributed by atoms with van der Waals surface area (Å²) in [5.74, 6) is 0.466. The molecule has 0 bridgehead atoms. The lowest BCUT2D eigenvalue weighted by atomic mass is 9.90. The van der Waals surface area contributed by atoms with Gasteiger partial charge in [0.25, 0.3) is 0 Å². The first kappa shape index (κ1) is 22.9. The molecule has 2 heterocycles. The minimum Gasteiger partial charge on any atom is -0.477 e. The number of unbranched alkanes of at least 4 members (excludes halogenated alkanes) is 1. The highest BCUT2D eigenvalue weighted by Crippen LogP contribution is 2.34. The maximum Gasteiger partial charge on any atom is 0.233 e. The van der Waals surface area contributed by atoms with Crippen molar-refractivity contribution >= 4 is 11.6 Å². The fourth-order valence-corrected chi connectivity index (χ4v) is 3.50. The summed E-state index contributed by atoms with van der Waals surface area (Å²) in [4.78, 5) is 0. The lowest BCUT2D eigenvalue weighted by Crippen LogP contribution is -2.55. The van der Waals surface area contributed by atoms with Crippen LogP contribution in [-0.4, -0.2) is 68.3 Å². The lowest BCUT2D eigenvalue weighted by Gasteiger charge is -2.40. The van der Waals surface area contributed by atoms with Gasteiger partial charge in [-0.25, -0.2) is 0 Å². The molecular weight excluding hydrogens is 412 g/mol. The molecule has 3 rings (SSSR count). The van der Waals surface area contributed by atoms with Crippen LogP contribution in [0.4, 0.5) is 0 Å². The fourth-order valence-electron chi connectivity index (χ4n) is 3.32. The number of halogens is 1. The van der Waals surface area contributed by atoms with Gasteiger partial charge >= 0.3 is 0 Å². The standard InChI is InChI=1S/C21H27ClN2O6/c1-2-3-8-29-17-7-5-14(23-24-17)10-13-9-12(4-6-15(13)22)21-20(28)19(27)18(26)16(11-25)30-21/h4-7,9,16,18-21,25-28H,2-3,8,10-11H2,1H3. The predicted molar refractivity (Wildman–Crippen MR) is 109 cm³/mol. The molecule has 1 aliphatic rings. The first-order valence-corrected chi connectivity index (χ1v) is 10.4. The van der Waals surface area contributed by atoms with E-state index in [1.807, 2.05) is 6.07 Å². The molecule has 164 valence electrons. The molecule has 30 heavy (non-hydrogen) atoms. The van der Waals surface area contributed by atoms with E-state index in [-0.39, 0.29) is 0 Å². The maximum atomic E-state index is 10.4. The van der Waals surface area contributed by atoms with Gasteiger partial charge in [-0.3, -0.25) is 0 Å². The molecule has 1 aromatic heterocycles. The van der Waals surface area contributed by atoms with Crippen LogP contribution >= 0.6 is 11.6 Å². The van der Waals surface area contributed by atoms with E-state index in [0.717, 1.165) is 18.4 Å². The van der Waals surface area contributed by atoms with Gasteiger partial charge in [0.15, 0.2) is 0 Å². The average molecular weight is 439 g/mol.